The molecule has 0 unspecified atom stereocenters. The van der Waals surface area contributed by atoms with E-state index in [9.17, 15) is 14.9 Å². The molecule has 118 valence electrons. The SMILES string of the molecule is O=C(/C=C/c1cccs1)NC(=S)Nc1ccc([N+](=O)[O-])cc1Br. The zero-order valence-electron chi connectivity index (χ0n) is 11.5. The summed E-state index contributed by atoms with van der Waals surface area (Å²) in [5.74, 6) is -0.367. The van der Waals surface area contributed by atoms with E-state index in [-0.39, 0.29) is 16.7 Å². The summed E-state index contributed by atoms with van der Waals surface area (Å²) in [6.07, 6.45) is 3.06. The Bertz CT molecular complexity index is 776. The Morgan fingerprint density at radius 2 is 2.17 bits per heavy atom. The Kier molecular flexibility index (Phi) is 5.97. The number of hydrogen-bond donors (Lipinski definition) is 2. The van der Waals surface area contributed by atoms with Gasteiger partial charge in [-0.1, -0.05) is 6.07 Å². The molecule has 9 heteroatoms. The minimum absolute atomic E-state index is 0.0451. The highest BCUT2D eigenvalue weighted by Crippen LogP contribution is 2.26. The van der Waals surface area contributed by atoms with Crippen LogP contribution in [0.4, 0.5) is 11.4 Å². The van der Waals surface area contributed by atoms with E-state index in [1.807, 2.05) is 17.5 Å². The molecular weight excluding hydrogens is 402 g/mol. The molecule has 0 bridgehead atoms. The first-order chi connectivity index (χ1) is 11.0. The number of hydrogen-bond acceptors (Lipinski definition) is 5. The van der Waals surface area contributed by atoms with Crippen LogP contribution in [0.15, 0.2) is 46.3 Å². The number of nitro groups is 1. The number of thiocarbonyl (C=S) groups is 1. The van der Waals surface area contributed by atoms with Crippen molar-refractivity contribution in [3.63, 3.8) is 0 Å². The number of carbonyl (C=O) groups excluding carboxylic acids is 1. The maximum Gasteiger partial charge on any atom is 0.270 e. The molecule has 1 aromatic carbocycles. The number of anilines is 1. The number of nitrogens with zero attached hydrogens (tertiary/aromatic N) is 1. The highest BCUT2D eigenvalue weighted by Gasteiger charge is 2.10. The topological polar surface area (TPSA) is 84.3 Å². The number of halogens is 1. The third-order valence-electron chi connectivity index (χ3n) is 2.59. The minimum Gasteiger partial charge on any atom is -0.331 e. The van der Waals surface area contributed by atoms with E-state index < -0.39 is 4.92 Å². The third-order valence-corrected chi connectivity index (χ3v) is 4.29. The minimum atomic E-state index is -0.496. The van der Waals surface area contributed by atoms with Gasteiger partial charge in [0.05, 0.1) is 10.6 Å². The first kappa shape index (κ1) is 17.3. The van der Waals surface area contributed by atoms with E-state index in [1.54, 1.807) is 6.08 Å². The number of amides is 1. The second-order valence-corrected chi connectivity index (χ2v) is 6.46. The predicted octanol–water partition coefficient (Wildman–Crippen LogP) is 3.95. The summed E-state index contributed by atoms with van der Waals surface area (Å²) in [6.45, 7) is 0. The van der Waals surface area contributed by atoms with Crippen LogP contribution in [-0.2, 0) is 4.79 Å². The van der Waals surface area contributed by atoms with Crippen molar-refractivity contribution in [3.05, 3.63) is 61.3 Å². The average Bonchev–Trinajstić information content (AvgIpc) is 3.00. The van der Waals surface area contributed by atoms with Gasteiger partial charge in [0.2, 0.25) is 5.91 Å². The number of carbonyl (C=O) groups is 1. The van der Waals surface area contributed by atoms with E-state index in [4.69, 9.17) is 12.2 Å². The Balaban J connectivity index is 1.94. The predicted molar refractivity (Wildman–Crippen MR) is 98.5 cm³/mol. The normalized spacial score (nSPS) is 10.5. The van der Waals surface area contributed by atoms with E-state index in [0.717, 1.165) is 4.88 Å². The van der Waals surface area contributed by atoms with Crippen LogP contribution in [0.5, 0.6) is 0 Å². The second kappa shape index (κ2) is 7.95. The molecule has 0 spiro atoms. The molecule has 0 saturated carbocycles. The Hall–Kier alpha value is -2.10. The summed E-state index contributed by atoms with van der Waals surface area (Å²) in [6, 6.07) is 7.97. The van der Waals surface area contributed by atoms with E-state index in [1.165, 1.54) is 35.6 Å². The molecule has 6 nitrogen and oxygen atoms in total. The highest BCUT2D eigenvalue weighted by atomic mass is 79.9. The molecule has 1 amide bonds. The van der Waals surface area contributed by atoms with Crippen molar-refractivity contribution in [2.24, 2.45) is 0 Å². The highest BCUT2D eigenvalue weighted by molar-refractivity contribution is 9.10. The molecule has 0 saturated heterocycles. The first-order valence-corrected chi connectivity index (χ1v) is 8.31. The van der Waals surface area contributed by atoms with Crippen LogP contribution in [-0.4, -0.2) is 15.9 Å². The summed E-state index contributed by atoms with van der Waals surface area (Å²) >= 11 is 9.77. The van der Waals surface area contributed by atoms with Gasteiger partial charge in [0.15, 0.2) is 5.11 Å². The molecule has 0 aliphatic heterocycles. The van der Waals surface area contributed by atoms with Crippen molar-refractivity contribution in [2.45, 2.75) is 0 Å². The molecular formula is C14H10BrN3O3S2. The summed E-state index contributed by atoms with van der Waals surface area (Å²) in [5, 5.41) is 18.0. The van der Waals surface area contributed by atoms with Gasteiger partial charge in [-0.3, -0.25) is 20.2 Å². The third kappa shape index (κ3) is 5.23. The van der Waals surface area contributed by atoms with Crippen molar-refractivity contribution in [3.8, 4) is 0 Å². The lowest BCUT2D eigenvalue weighted by atomic mass is 10.3. The van der Waals surface area contributed by atoms with Gasteiger partial charge in [-0.15, -0.1) is 11.3 Å². The zero-order valence-corrected chi connectivity index (χ0v) is 14.7. The Morgan fingerprint density at radius 3 is 2.78 bits per heavy atom. The molecule has 1 heterocycles. The van der Waals surface area contributed by atoms with Crippen LogP contribution < -0.4 is 10.6 Å². The summed E-state index contributed by atoms with van der Waals surface area (Å²) in [5.41, 5.74) is 0.472. The van der Waals surface area contributed by atoms with Crippen molar-refractivity contribution in [1.82, 2.24) is 5.32 Å². The number of rotatable bonds is 4. The molecule has 0 atom stereocenters. The molecule has 0 radical (unpaired) electrons. The van der Waals surface area contributed by atoms with Crippen molar-refractivity contribution >= 4 is 68.0 Å². The molecule has 0 aliphatic rings. The smallest absolute Gasteiger partial charge is 0.270 e. The fourth-order valence-electron chi connectivity index (χ4n) is 1.57. The van der Waals surface area contributed by atoms with E-state index >= 15 is 0 Å². The van der Waals surface area contributed by atoms with Gasteiger partial charge in [0, 0.05) is 27.6 Å². The molecule has 23 heavy (non-hydrogen) atoms. The molecule has 2 aromatic rings. The van der Waals surface area contributed by atoms with Crippen LogP contribution in [0, 0.1) is 10.1 Å². The average molecular weight is 412 g/mol. The van der Waals surface area contributed by atoms with Gasteiger partial charge in [0.25, 0.3) is 5.69 Å². The standard InChI is InChI=1S/C14H10BrN3O3S2/c15-11-8-9(18(20)21)3-5-12(11)16-14(22)17-13(19)6-4-10-2-1-7-23-10/h1-8H,(H2,16,17,19,22)/b6-4+. The molecule has 0 fully saturated rings. The van der Waals surface area contributed by atoms with Gasteiger partial charge in [0.1, 0.15) is 0 Å². The second-order valence-electron chi connectivity index (χ2n) is 4.21. The summed E-state index contributed by atoms with van der Waals surface area (Å²) in [4.78, 5) is 22.9. The number of nitro benzene ring substituents is 1. The summed E-state index contributed by atoms with van der Waals surface area (Å²) in [7, 11) is 0. The number of thiophene rings is 1. The largest absolute Gasteiger partial charge is 0.331 e. The lowest BCUT2D eigenvalue weighted by molar-refractivity contribution is -0.384. The van der Waals surface area contributed by atoms with Crippen molar-refractivity contribution in [1.29, 1.82) is 0 Å². The monoisotopic (exact) mass is 411 g/mol. The zero-order chi connectivity index (χ0) is 16.8. The van der Waals surface area contributed by atoms with Crippen molar-refractivity contribution in [2.75, 3.05) is 5.32 Å². The molecule has 0 aliphatic carbocycles. The maximum absolute atomic E-state index is 11.7. The lowest BCUT2D eigenvalue weighted by Crippen LogP contribution is -2.32. The van der Waals surface area contributed by atoms with Crippen LogP contribution in [0.25, 0.3) is 6.08 Å². The van der Waals surface area contributed by atoms with Crippen LogP contribution in [0.3, 0.4) is 0 Å². The summed E-state index contributed by atoms with van der Waals surface area (Å²) < 4.78 is 0.470. The van der Waals surface area contributed by atoms with Gasteiger partial charge in [-0.05, 0) is 51.7 Å². The van der Waals surface area contributed by atoms with Gasteiger partial charge in [-0.2, -0.15) is 0 Å². The number of non-ortho nitro benzene ring substituents is 1. The molecule has 1 aromatic heterocycles. The number of benzene rings is 1. The lowest BCUT2D eigenvalue weighted by Gasteiger charge is -2.09. The van der Waals surface area contributed by atoms with Crippen LogP contribution in [0.2, 0.25) is 0 Å². The first-order valence-electron chi connectivity index (χ1n) is 6.23. The van der Waals surface area contributed by atoms with Gasteiger partial charge >= 0.3 is 0 Å². The fraction of sp³-hybridized carbons (Fsp3) is 0. The number of nitrogens with one attached hydrogen (secondary N) is 2. The fourth-order valence-corrected chi connectivity index (χ4v) is 2.86. The quantitative estimate of drug-likeness (QED) is 0.344. The van der Waals surface area contributed by atoms with Gasteiger partial charge < -0.3 is 5.32 Å². The van der Waals surface area contributed by atoms with E-state index in [2.05, 4.69) is 26.6 Å². The maximum atomic E-state index is 11.7. The molecule has 2 rings (SSSR count). The van der Waals surface area contributed by atoms with Crippen LogP contribution >= 0.6 is 39.5 Å². The van der Waals surface area contributed by atoms with Crippen molar-refractivity contribution < 1.29 is 9.72 Å². The van der Waals surface area contributed by atoms with E-state index in [0.29, 0.717) is 10.2 Å². The Morgan fingerprint density at radius 1 is 1.39 bits per heavy atom. The molecule has 2 N–H and O–H groups in total. The Labute approximate surface area is 149 Å². The van der Waals surface area contributed by atoms with Gasteiger partial charge in [-0.25, -0.2) is 0 Å². The van der Waals surface area contributed by atoms with Crippen LogP contribution in [0.1, 0.15) is 4.88 Å².